The number of thiol groups is 1. The van der Waals surface area contributed by atoms with Gasteiger partial charge in [-0.15, -0.1) is 11.8 Å². The number of carbonyl (C=O) groups is 2. The second kappa shape index (κ2) is 14.0. The molecule has 0 saturated carbocycles. The molecule has 2 aliphatic heterocycles. The van der Waals surface area contributed by atoms with Gasteiger partial charge in [-0.3, -0.25) is 29.6 Å². The van der Waals surface area contributed by atoms with Crippen molar-refractivity contribution in [2.45, 2.75) is 29.9 Å². The fourth-order valence-electron chi connectivity index (χ4n) is 3.97. The predicted octanol–water partition coefficient (Wildman–Crippen LogP) is 0.733. The molecule has 3 rings (SSSR count). The van der Waals surface area contributed by atoms with Gasteiger partial charge in [0.1, 0.15) is 11.9 Å². The number of ether oxygens (including phenoxy) is 1. The molecule has 11 nitrogen and oxygen atoms in total. The van der Waals surface area contributed by atoms with Gasteiger partial charge in [0.2, 0.25) is 5.91 Å². The van der Waals surface area contributed by atoms with Crippen molar-refractivity contribution < 1.29 is 24.4 Å². The molecule has 2 heterocycles. The third kappa shape index (κ3) is 8.62. The van der Waals surface area contributed by atoms with Gasteiger partial charge in [0.25, 0.3) is 5.69 Å². The topological polar surface area (TPSA) is 128 Å². The van der Waals surface area contributed by atoms with Gasteiger partial charge in [-0.25, -0.2) is 5.01 Å². The molecule has 1 aromatic carbocycles. The lowest BCUT2D eigenvalue weighted by atomic mass is 10.2. The molecular formula is C22H33N5O6S2. The summed E-state index contributed by atoms with van der Waals surface area (Å²) < 4.78 is 5.51. The number of nitrogens with zero attached hydrogens (tertiary/aromatic N) is 4. The van der Waals surface area contributed by atoms with Crippen molar-refractivity contribution in [3.8, 4) is 0 Å². The van der Waals surface area contributed by atoms with Crippen LogP contribution in [0.4, 0.5) is 5.69 Å². The van der Waals surface area contributed by atoms with E-state index in [0.717, 1.165) is 32.6 Å². The van der Waals surface area contributed by atoms with Crippen molar-refractivity contribution in [2.24, 2.45) is 0 Å². The summed E-state index contributed by atoms with van der Waals surface area (Å²) >= 11 is 5.88. The molecule has 0 aromatic heterocycles. The van der Waals surface area contributed by atoms with Crippen LogP contribution in [0.3, 0.4) is 0 Å². The maximum Gasteiger partial charge on any atom is 0.319 e. The summed E-state index contributed by atoms with van der Waals surface area (Å²) in [6, 6.07) is 5.81. The summed E-state index contributed by atoms with van der Waals surface area (Å²) in [6.45, 7) is 4.44. The summed E-state index contributed by atoms with van der Waals surface area (Å²) in [5.74, 6) is -0.165. The van der Waals surface area contributed by atoms with Crippen LogP contribution in [0.25, 0.3) is 0 Å². The Kier molecular flexibility index (Phi) is 11.1. The molecule has 2 unspecified atom stereocenters. The third-order valence-corrected chi connectivity index (χ3v) is 7.59. The lowest BCUT2D eigenvalue weighted by Gasteiger charge is -2.37. The van der Waals surface area contributed by atoms with Gasteiger partial charge in [-0.05, 0) is 24.1 Å². The number of rotatable bonds is 12. The van der Waals surface area contributed by atoms with E-state index in [1.807, 2.05) is 5.01 Å². The van der Waals surface area contributed by atoms with Crippen molar-refractivity contribution >= 4 is 42.0 Å². The van der Waals surface area contributed by atoms with E-state index in [-0.39, 0.29) is 37.8 Å². The average molecular weight is 528 g/mol. The molecule has 35 heavy (non-hydrogen) atoms. The highest BCUT2D eigenvalue weighted by Gasteiger charge is 2.31. The molecule has 0 radical (unpaired) electrons. The smallest absolute Gasteiger partial charge is 0.319 e. The molecule has 194 valence electrons. The van der Waals surface area contributed by atoms with Crippen LogP contribution in [-0.4, -0.2) is 106 Å². The Labute approximate surface area is 214 Å². The number of non-ortho nitro benzene ring substituents is 1. The van der Waals surface area contributed by atoms with E-state index in [1.165, 1.54) is 28.9 Å². The number of piperazine rings is 1. The third-order valence-electron chi connectivity index (χ3n) is 5.89. The molecule has 13 heteroatoms. The quantitative estimate of drug-likeness (QED) is 0.155. The van der Waals surface area contributed by atoms with E-state index in [9.17, 15) is 24.8 Å². The van der Waals surface area contributed by atoms with Gasteiger partial charge in [0, 0.05) is 62.5 Å². The Morgan fingerprint density at radius 3 is 2.60 bits per heavy atom. The highest BCUT2D eigenvalue weighted by atomic mass is 32.2. The van der Waals surface area contributed by atoms with Crippen LogP contribution in [0.1, 0.15) is 18.4 Å². The zero-order chi connectivity index (χ0) is 25.2. The second-order valence-electron chi connectivity index (χ2n) is 8.48. The van der Waals surface area contributed by atoms with Gasteiger partial charge in [0.15, 0.2) is 0 Å². The molecule has 2 N–H and O–H groups in total. The maximum atomic E-state index is 13.2. The van der Waals surface area contributed by atoms with Crippen molar-refractivity contribution in [3.63, 3.8) is 0 Å². The van der Waals surface area contributed by atoms with Gasteiger partial charge < -0.3 is 15.2 Å². The molecule has 0 spiro atoms. The molecule has 2 saturated heterocycles. The number of nitro groups is 1. The number of hydrazine groups is 1. The molecule has 0 bridgehead atoms. The minimum Gasteiger partial charge on any atom is -0.460 e. The van der Waals surface area contributed by atoms with Crippen LogP contribution < -0.4 is 5.32 Å². The number of esters is 1. The number of likely N-dealkylation sites (tertiary alicyclic amines) is 1. The molecule has 2 aliphatic rings. The minimum atomic E-state index is -0.719. The first-order valence-electron chi connectivity index (χ1n) is 11.7. The van der Waals surface area contributed by atoms with Crippen LogP contribution >= 0.6 is 24.4 Å². The molecular weight excluding hydrogens is 494 g/mol. The molecule has 1 aromatic rings. The van der Waals surface area contributed by atoms with Crippen LogP contribution in [0, 0.1) is 10.1 Å². The van der Waals surface area contributed by atoms with Crippen molar-refractivity contribution in [1.82, 2.24) is 20.2 Å². The van der Waals surface area contributed by atoms with Crippen LogP contribution in [0.5, 0.6) is 0 Å². The standard InChI is InChI=1S/C22H33N5O6S2/c28-12-11-26(25-9-6-23-7-10-25)21(29)13-20(35-16-24-8-5-19(34)14-24)22(30)33-15-17-1-3-18(4-2-17)27(31)32/h1-4,19-20,23,28,34H,5-16H2. The van der Waals surface area contributed by atoms with Crippen molar-refractivity contribution in [2.75, 3.05) is 58.3 Å². The van der Waals surface area contributed by atoms with Gasteiger partial charge in [-0.2, -0.15) is 12.6 Å². The Morgan fingerprint density at radius 2 is 2.00 bits per heavy atom. The van der Waals surface area contributed by atoms with E-state index >= 15 is 0 Å². The largest absolute Gasteiger partial charge is 0.460 e. The minimum absolute atomic E-state index is 0.0379. The first-order chi connectivity index (χ1) is 16.9. The van der Waals surface area contributed by atoms with Crippen molar-refractivity contribution in [3.05, 3.63) is 39.9 Å². The fourth-order valence-corrected chi connectivity index (χ4v) is 5.41. The normalized spacial score (nSPS) is 19.9. The van der Waals surface area contributed by atoms with Gasteiger partial charge >= 0.3 is 5.97 Å². The number of nitrogens with one attached hydrogen (secondary N) is 1. The lowest BCUT2D eigenvalue weighted by molar-refractivity contribution is -0.384. The summed E-state index contributed by atoms with van der Waals surface area (Å²) in [5.41, 5.74) is 0.586. The van der Waals surface area contributed by atoms with Gasteiger partial charge in [0.05, 0.1) is 24.5 Å². The van der Waals surface area contributed by atoms with E-state index in [1.54, 1.807) is 12.1 Å². The van der Waals surface area contributed by atoms with Crippen molar-refractivity contribution in [1.29, 1.82) is 0 Å². The maximum absolute atomic E-state index is 13.2. The molecule has 1 amide bonds. The number of nitro benzene ring substituents is 1. The number of thioether (sulfide) groups is 1. The first-order valence-corrected chi connectivity index (χ1v) is 13.2. The Balaban J connectivity index is 1.63. The van der Waals surface area contributed by atoms with Crippen LogP contribution in [0.2, 0.25) is 0 Å². The average Bonchev–Trinajstić information content (AvgIpc) is 3.29. The zero-order valence-corrected chi connectivity index (χ0v) is 21.3. The summed E-state index contributed by atoms with van der Waals surface area (Å²) in [7, 11) is 0. The predicted molar refractivity (Wildman–Crippen MR) is 136 cm³/mol. The van der Waals surface area contributed by atoms with Crippen LogP contribution in [-0.2, 0) is 20.9 Å². The number of aliphatic hydroxyl groups excluding tert-OH is 1. The Bertz CT molecular complexity index is 855. The van der Waals surface area contributed by atoms with E-state index < -0.39 is 16.1 Å². The highest BCUT2D eigenvalue weighted by molar-refractivity contribution is 8.00. The molecule has 2 fully saturated rings. The summed E-state index contributed by atoms with van der Waals surface area (Å²) in [5, 5.41) is 26.6. The number of carbonyl (C=O) groups excluding carboxylic acids is 2. The zero-order valence-electron chi connectivity index (χ0n) is 19.6. The Hall–Kier alpha value is -1.90. The molecule has 0 aliphatic carbocycles. The fraction of sp³-hybridized carbons (Fsp3) is 0.636. The summed E-state index contributed by atoms with van der Waals surface area (Å²) in [4.78, 5) is 38.8. The SMILES string of the molecule is O=C(OCc1ccc([N+](=O)[O-])cc1)C(CC(=O)N(CCO)N1CCNCC1)SCN1CCC(S)C1. The van der Waals surface area contributed by atoms with E-state index in [0.29, 0.717) is 29.8 Å². The summed E-state index contributed by atoms with van der Waals surface area (Å²) in [6.07, 6.45) is 0.928. The number of amides is 1. The lowest BCUT2D eigenvalue weighted by Crippen LogP contribution is -2.55. The number of hydrogen-bond acceptors (Lipinski definition) is 11. The Morgan fingerprint density at radius 1 is 1.29 bits per heavy atom. The van der Waals surface area contributed by atoms with E-state index in [2.05, 4.69) is 22.8 Å². The van der Waals surface area contributed by atoms with Gasteiger partial charge in [-0.1, -0.05) is 0 Å². The number of benzene rings is 1. The molecule has 2 atom stereocenters. The first kappa shape index (κ1) is 27.7. The number of aliphatic hydroxyl groups is 1. The second-order valence-corrected chi connectivity index (χ2v) is 10.4. The van der Waals surface area contributed by atoms with Crippen LogP contribution in [0.15, 0.2) is 24.3 Å². The van der Waals surface area contributed by atoms with E-state index in [4.69, 9.17) is 4.74 Å². The number of hydrogen-bond donors (Lipinski definition) is 3. The highest BCUT2D eigenvalue weighted by Crippen LogP contribution is 2.24. The monoisotopic (exact) mass is 527 g/mol.